The van der Waals surface area contributed by atoms with Gasteiger partial charge >= 0.3 is 0 Å². The van der Waals surface area contributed by atoms with E-state index >= 15 is 0 Å². The van der Waals surface area contributed by atoms with E-state index in [1.807, 2.05) is 6.92 Å². The minimum absolute atomic E-state index is 0.0226. The molecule has 1 aliphatic carbocycles. The molecule has 0 aromatic rings. The van der Waals surface area contributed by atoms with Gasteiger partial charge in [0.2, 0.25) is 5.91 Å². The van der Waals surface area contributed by atoms with Crippen LogP contribution in [0.25, 0.3) is 0 Å². The summed E-state index contributed by atoms with van der Waals surface area (Å²) in [5.41, 5.74) is 5.62. The Morgan fingerprint density at radius 2 is 2.08 bits per heavy atom. The van der Waals surface area contributed by atoms with Gasteiger partial charge in [-0.1, -0.05) is 26.2 Å². The fourth-order valence-electron chi connectivity index (χ4n) is 1.74. The second-order valence-electron chi connectivity index (χ2n) is 3.86. The molecule has 1 saturated carbocycles. The molecule has 3 heteroatoms. The highest BCUT2D eigenvalue weighted by Crippen LogP contribution is 2.17. The zero-order valence-electron chi connectivity index (χ0n) is 8.38. The van der Waals surface area contributed by atoms with E-state index in [4.69, 9.17) is 5.73 Å². The van der Waals surface area contributed by atoms with Crippen molar-refractivity contribution in [1.29, 1.82) is 0 Å². The minimum Gasteiger partial charge on any atom is -0.352 e. The average molecular weight is 184 g/mol. The summed E-state index contributed by atoms with van der Waals surface area (Å²) in [5.74, 6) is 0.0226. The zero-order valence-corrected chi connectivity index (χ0v) is 8.38. The molecule has 1 aliphatic rings. The molecule has 0 aromatic carbocycles. The number of hydrogen-bond donors (Lipinski definition) is 2. The highest BCUT2D eigenvalue weighted by atomic mass is 16.2. The van der Waals surface area contributed by atoms with Crippen molar-refractivity contribution in [1.82, 2.24) is 5.32 Å². The Hall–Kier alpha value is -0.570. The lowest BCUT2D eigenvalue weighted by molar-refractivity contribution is -0.123. The SMILES string of the molecule is CCC(N)C(=O)NC1CCCCC1. The highest BCUT2D eigenvalue weighted by Gasteiger charge is 2.18. The molecule has 1 atom stereocenters. The van der Waals surface area contributed by atoms with Crippen molar-refractivity contribution in [2.45, 2.75) is 57.5 Å². The molecular weight excluding hydrogens is 164 g/mol. The molecule has 13 heavy (non-hydrogen) atoms. The van der Waals surface area contributed by atoms with Crippen LogP contribution in [-0.4, -0.2) is 18.0 Å². The number of hydrogen-bond acceptors (Lipinski definition) is 2. The molecule has 1 unspecified atom stereocenters. The van der Waals surface area contributed by atoms with E-state index in [1.54, 1.807) is 0 Å². The van der Waals surface area contributed by atoms with E-state index < -0.39 is 0 Å². The van der Waals surface area contributed by atoms with Gasteiger partial charge in [-0.2, -0.15) is 0 Å². The smallest absolute Gasteiger partial charge is 0.237 e. The standard InChI is InChI=1S/C10H20N2O/c1-2-9(11)10(13)12-8-6-4-3-5-7-8/h8-9H,2-7,11H2,1H3,(H,12,13). The van der Waals surface area contributed by atoms with Crippen molar-refractivity contribution in [3.8, 4) is 0 Å². The molecule has 0 heterocycles. The van der Waals surface area contributed by atoms with E-state index in [0.717, 1.165) is 19.3 Å². The van der Waals surface area contributed by atoms with Crippen molar-refractivity contribution in [2.24, 2.45) is 5.73 Å². The summed E-state index contributed by atoms with van der Waals surface area (Å²) in [4.78, 5) is 11.4. The number of nitrogens with one attached hydrogen (secondary N) is 1. The average Bonchev–Trinajstić information content (AvgIpc) is 2.18. The normalized spacial score (nSPS) is 21.1. The van der Waals surface area contributed by atoms with Crippen LogP contribution in [0, 0.1) is 0 Å². The zero-order chi connectivity index (χ0) is 9.68. The van der Waals surface area contributed by atoms with E-state index in [-0.39, 0.29) is 11.9 Å². The van der Waals surface area contributed by atoms with Gasteiger partial charge < -0.3 is 11.1 Å². The fourth-order valence-corrected chi connectivity index (χ4v) is 1.74. The number of amides is 1. The van der Waals surface area contributed by atoms with Crippen molar-refractivity contribution in [3.05, 3.63) is 0 Å². The Bertz CT molecular complexity index is 164. The van der Waals surface area contributed by atoms with Crippen molar-refractivity contribution in [3.63, 3.8) is 0 Å². The van der Waals surface area contributed by atoms with Crippen LogP contribution in [-0.2, 0) is 4.79 Å². The molecule has 0 radical (unpaired) electrons. The summed E-state index contributed by atoms with van der Waals surface area (Å²) in [6, 6.07) is 0.0702. The molecule has 0 spiro atoms. The van der Waals surface area contributed by atoms with Gasteiger partial charge in [0.1, 0.15) is 0 Å². The summed E-state index contributed by atoms with van der Waals surface area (Å²) >= 11 is 0. The van der Waals surface area contributed by atoms with Crippen LogP contribution < -0.4 is 11.1 Å². The predicted octanol–water partition coefficient (Wildman–Crippen LogP) is 1.17. The quantitative estimate of drug-likeness (QED) is 0.692. The van der Waals surface area contributed by atoms with Crippen molar-refractivity contribution in [2.75, 3.05) is 0 Å². The fraction of sp³-hybridized carbons (Fsp3) is 0.900. The van der Waals surface area contributed by atoms with Crippen LogP contribution in [0.15, 0.2) is 0 Å². The Balaban J connectivity index is 2.26. The van der Waals surface area contributed by atoms with E-state index in [9.17, 15) is 4.79 Å². The lowest BCUT2D eigenvalue weighted by Gasteiger charge is -2.24. The number of rotatable bonds is 3. The molecule has 3 nitrogen and oxygen atoms in total. The van der Waals surface area contributed by atoms with Crippen molar-refractivity contribution < 1.29 is 4.79 Å². The second kappa shape index (κ2) is 5.22. The monoisotopic (exact) mass is 184 g/mol. The first-order valence-corrected chi connectivity index (χ1v) is 5.30. The summed E-state index contributed by atoms with van der Waals surface area (Å²) in [6.45, 7) is 1.94. The Labute approximate surface area is 80.1 Å². The third kappa shape index (κ3) is 3.35. The molecule has 0 aromatic heterocycles. The first-order valence-electron chi connectivity index (χ1n) is 5.30. The van der Waals surface area contributed by atoms with Gasteiger partial charge in [0.25, 0.3) is 0 Å². The molecule has 1 fully saturated rings. The summed E-state index contributed by atoms with van der Waals surface area (Å²) in [7, 11) is 0. The summed E-state index contributed by atoms with van der Waals surface area (Å²) in [6.07, 6.45) is 6.77. The maximum absolute atomic E-state index is 11.4. The third-order valence-corrected chi connectivity index (χ3v) is 2.73. The topological polar surface area (TPSA) is 55.1 Å². The lowest BCUT2D eigenvalue weighted by Crippen LogP contribution is -2.45. The number of carbonyl (C=O) groups excluding carboxylic acids is 1. The van der Waals surface area contributed by atoms with E-state index in [1.165, 1.54) is 19.3 Å². The first-order chi connectivity index (χ1) is 6.24. The Kier molecular flexibility index (Phi) is 4.22. The van der Waals surface area contributed by atoms with Gasteiger partial charge in [-0.3, -0.25) is 4.79 Å². The van der Waals surface area contributed by atoms with Crippen LogP contribution in [0.3, 0.4) is 0 Å². The molecule has 76 valence electrons. The molecule has 1 rings (SSSR count). The molecule has 3 N–H and O–H groups in total. The van der Waals surface area contributed by atoms with Crippen LogP contribution >= 0.6 is 0 Å². The number of nitrogens with two attached hydrogens (primary N) is 1. The minimum atomic E-state index is -0.318. The third-order valence-electron chi connectivity index (χ3n) is 2.73. The maximum atomic E-state index is 11.4. The first kappa shape index (κ1) is 10.5. The van der Waals surface area contributed by atoms with Gasteiger partial charge in [-0.25, -0.2) is 0 Å². The van der Waals surface area contributed by atoms with Gasteiger partial charge in [-0.15, -0.1) is 0 Å². The van der Waals surface area contributed by atoms with Crippen LogP contribution in [0.1, 0.15) is 45.4 Å². The maximum Gasteiger partial charge on any atom is 0.237 e. The highest BCUT2D eigenvalue weighted by molar-refractivity contribution is 5.81. The van der Waals surface area contributed by atoms with Crippen LogP contribution in [0.4, 0.5) is 0 Å². The molecular formula is C10H20N2O. The predicted molar refractivity (Wildman–Crippen MR) is 53.3 cm³/mol. The second-order valence-corrected chi connectivity index (χ2v) is 3.86. The van der Waals surface area contributed by atoms with Crippen molar-refractivity contribution >= 4 is 5.91 Å². The molecule has 1 amide bonds. The molecule has 0 saturated heterocycles. The summed E-state index contributed by atoms with van der Waals surface area (Å²) < 4.78 is 0. The van der Waals surface area contributed by atoms with Gasteiger partial charge in [0, 0.05) is 6.04 Å². The lowest BCUT2D eigenvalue weighted by atomic mass is 9.95. The van der Waals surface area contributed by atoms with Crippen LogP contribution in [0.2, 0.25) is 0 Å². The summed E-state index contributed by atoms with van der Waals surface area (Å²) in [5, 5.41) is 3.01. The molecule has 0 aliphatic heterocycles. The van der Waals surface area contributed by atoms with Gasteiger partial charge in [0.15, 0.2) is 0 Å². The largest absolute Gasteiger partial charge is 0.352 e. The Morgan fingerprint density at radius 3 is 2.62 bits per heavy atom. The molecule has 0 bridgehead atoms. The van der Waals surface area contributed by atoms with Gasteiger partial charge in [0.05, 0.1) is 6.04 Å². The van der Waals surface area contributed by atoms with Gasteiger partial charge in [-0.05, 0) is 19.3 Å². The number of carbonyl (C=O) groups is 1. The Morgan fingerprint density at radius 1 is 1.46 bits per heavy atom. The van der Waals surface area contributed by atoms with Crippen LogP contribution in [0.5, 0.6) is 0 Å². The van der Waals surface area contributed by atoms with E-state index in [2.05, 4.69) is 5.32 Å². The van der Waals surface area contributed by atoms with E-state index in [0.29, 0.717) is 6.04 Å².